The van der Waals surface area contributed by atoms with E-state index in [0.29, 0.717) is 6.54 Å². The van der Waals surface area contributed by atoms with Crippen LogP contribution in [0.15, 0.2) is 18.3 Å². The molecule has 16 heavy (non-hydrogen) atoms. The monoisotopic (exact) mass is 217 g/mol. The molecule has 0 radical (unpaired) electrons. The second kappa shape index (κ2) is 3.47. The van der Waals surface area contributed by atoms with Crippen molar-refractivity contribution in [1.82, 2.24) is 4.98 Å². The Labute approximate surface area is 94.5 Å². The quantitative estimate of drug-likeness (QED) is 0.699. The summed E-state index contributed by atoms with van der Waals surface area (Å²) in [7, 11) is 0. The zero-order valence-corrected chi connectivity index (χ0v) is 9.12. The van der Waals surface area contributed by atoms with Crippen molar-refractivity contribution >= 4 is 17.4 Å². The molecule has 2 N–H and O–H groups in total. The van der Waals surface area contributed by atoms with E-state index in [9.17, 15) is 4.79 Å². The van der Waals surface area contributed by atoms with Crippen molar-refractivity contribution < 1.29 is 4.79 Å². The van der Waals surface area contributed by atoms with Crippen LogP contribution in [0.4, 0.5) is 11.5 Å². The van der Waals surface area contributed by atoms with Gasteiger partial charge in [-0.2, -0.15) is 0 Å². The summed E-state index contributed by atoms with van der Waals surface area (Å²) < 4.78 is 0. The summed E-state index contributed by atoms with van der Waals surface area (Å²) in [5, 5.41) is 6.29. The van der Waals surface area contributed by atoms with E-state index in [1.54, 1.807) is 6.20 Å². The molecule has 1 spiro atoms. The lowest BCUT2D eigenvalue weighted by atomic mass is 9.85. The largest absolute Gasteiger partial charge is 0.367 e. The van der Waals surface area contributed by atoms with Crippen molar-refractivity contribution in [2.75, 3.05) is 17.2 Å². The zero-order chi connectivity index (χ0) is 11.0. The molecule has 84 valence electrons. The van der Waals surface area contributed by atoms with Crippen LogP contribution in [0.3, 0.4) is 0 Å². The number of hydrogen-bond acceptors (Lipinski definition) is 3. The number of nitrogens with zero attached hydrogens (tertiary/aromatic N) is 1. The molecule has 2 aliphatic rings. The number of anilines is 2. The summed E-state index contributed by atoms with van der Waals surface area (Å²) >= 11 is 0. The van der Waals surface area contributed by atoms with Gasteiger partial charge in [-0.05, 0) is 25.0 Å². The summed E-state index contributed by atoms with van der Waals surface area (Å²) in [6.07, 6.45) is 6.02. The first-order chi connectivity index (χ1) is 7.80. The Bertz CT molecular complexity index is 424. The molecule has 4 heteroatoms. The Morgan fingerprint density at radius 3 is 2.94 bits per heavy atom. The van der Waals surface area contributed by atoms with Gasteiger partial charge in [-0.3, -0.25) is 4.79 Å². The minimum atomic E-state index is -0.208. The predicted molar refractivity (Wildman–Crippen MR) is 62.3 cm³/mol. The third-order valence-corrected chi connectivity index (χ3v) is 3.69. The van der Waals surface area contributed by atoms with Crippen molar-refractivity contribution in [1.29, 1.82) is 0 Å². The van der Waals surface area contributed by atoms with E-state index in [1.807, 2.05) is 12.1 Å². The molecular formula is C12H15N3O. The van der Waals surface area contributed by atoms with Gasteiger partial charge < -0.3 is 10.6 Å². The molecule has 0 atom stereocenters. The fourth-order valence-corrected chi connectivity index (χ4v) is 2.69. The van der Waals surface area contributed by atoms with Crippen LogP contribution in [0.1, 0.15) is 25.7 Å². The number of hydrogen-bond donors (Lipinski definition) is 2. The number of nitrogens with one attached hydrogen (secondary N) is 2. The van der Waals surface area contributed by atoms with Gasteiger partial charge in [0.1, 0.15) is 5.82 Å². The maximum absolute atomic E-state index is 12.2. The van der Waals surface area contributed by atoms with Gasteiger partial charge in [0.2, 0.25) is 5.91 Å². The number of aromatic nitrogens is 1. The predicted octanol–water partition coefficient (Wildman–Crippen LogP) is 2.01. The van der Waals surface area contributed by atoms with Gasteiger partial charge in [0.25, 0.3) is 0 Å². The molecule has 1 amide bonds. The number of fused-ring (bicyclic) bond motifs is 1. The number of carbonyl (C=O) groups is 1. The molecule has 0 bridgehead atoms. The second-order valence-electron chi connectivity index (χ2n) is 4.69. The summed E-state index contributed by atoms with van der Waals surface area (Å²) in [6, 6.07) is 3.73. The molecule has 1 aliphatic carbocycles. The van der Waals surface area contributed by atoms with Crippen molar-refractivity contribution in [2.24, 2.45) is 5.41 Å². The highest BCUT2D eigenvalue weighted by molar-refractivity contribution is 5.99. The van der Waals surface area contributed by atoms with Crippen molar-refractivity contribution in [3.05, 3.63) is 18.3 Å². The van der Waals surface area contributed by atoms with Crippen LogP contribution in [0, 0.1) is 5.41 Å². The van der Waals surface area contributed by atoms with Crippen LogP contribution in [0.5, 0.6) is 0 Å². The summed E-state index contributed by atoms with van der Waals surface area (Å²) in [4.78, 5) is 16.5. The van der Waals surface area contributed by atoms with Gasteiger partial charge in [-0.1, -0.05) is 12.8 Å². The molecular weight excluding hydrogens is 202 g/mol. The van der Waals surface area contributed by atoms with Crippen molar-refractivity contribution in [2.45, 2.75) is 25.7 Å². The lowest BCUT2D eigenvalue weighted by Crippen LogP contribution is -2.37. The second-order valence-corrected chi connectivity index (χ2v) is 4.69. The molecule has 3 rings (SSSR count). The molecule has 1 aromatic heterocycles. The van der Waals surface area contributed by atoms with E-state index in [2.05, 4.69) is 15.6 Å². The Hall–Kier alpha value is -1.58. The van der Waals surface area contributed by atoms with Crippen molar-refractivity contribution in [3.8, 4) is 0 Å². The highest BCUT2D eigenvalue weighted by Gasteiger charge is 2.42. The number of amides is 1. The van der Waals surface area contributed by atoms with Gasteiger partial charge in [0.15, 0.2) is 0 Å². The smallest absolute Gasteiger partial charge is 0.232 e. The van der Waals surface area contributed by atoms with Crippen LogP contribution < -0.4 is 10.6 Å². The molecule has 1 aliphatic heterocycles. The van der Waals surface area contributed by atoms with E-state index in [4.69, 9.17) is 0 Å². The maximum Gasteiger partial charge on any atom is 0.232 e. The topological polar surface area (TPSA) is 54.0 Å². The first kappa shape index (κ1) is 9.63. The molecule has 1 fully saturated rings. The Balaban J connectivity index is 1.95. The van der Waals surface area contributed by atoms with E-state index >= 15 is 0 Å². The fourth-order valence-electron chi connectivity index (χ4n) is 2.69. The lowest BCUT2D eigenvalue weighted by molar-refractivity contribution is -0.124. The van der Waals surface area contributed by atoms with Crippen molar-refractivity contribution in [3.63, 3.8) is 0 Å². The SMILES string of the molecule is O=C1Nc2cccnc2NCC12CCCC2. The highest BCUT2D eigenvalue weighted by Crippen LogP contribution is 2.41. The molecule has 1 aromatic rings. The van der Waals surface area contributed by atoms with Gasteiger partial charge >= 0.3 is 0 Å². The molecule has 4 nitrogen and oxygen atoms in total. The first-order valence-corrected chi connectivity index (χ1v) is 5.81. The van der Waals surface area contributed by atoms with E-state index in [0.717, 1.165) is 37.2 Å². The zero-order valence-electron chi connectivity index (χ0n) is 9.12. The summed E-state index contributed by atoms with van der Waals surface area (Å²) in [6.45, 7) is 0.711. The van der Waals surface area contributed by atoms with Crippen LogP contribution in [-0.2, 0) is 4.79 Å². The molecule has 1 saturated carbocycles. The van der Waals surface area contributed by atoms with E-state index in [-0.39, 0.29) is 11.3 Å². The first-order valence-electron chi connectivity index (χ1n) is 5.81. The van der Waals surface area contributed by atoms with Gasteiger partial charge in [0, 0.05) is 12.7 Å². The minimum Gasteiger partial charge on any atom is -0.367 e. The minimum absolute atomic E-state index is 0.157. The third-order valence-electron chi connectivity index (χ3n) is 3.69. The third kappa shape index (κ3) is 1.37. The van der Waals surface area contributed by atoms with E-state index < -0.39 is 0 Å². The fraction of sp³-hybridized carbons (Fsp3) is 0.500. The van der Waals surface area contributed by atoms with Crippen LogP contribution in [0.25, 0.3) is 0 Å². The van der Waals surface area contributed by atoms with Gasteiger partial charge in [-0.25, -0.2) is 4.98 Å². The Morgan fingerprint density at radius 1 is 1.31 bits per heavy atom. The summed E-state index contributed by atoms with van der Waals surface area (Å²) in [5.74, 6) is 0.948. The molecule has 0 aromatic carbocycles. The molecule has 0 saturated heterocycles. The average molecular weight is 217 g/mol. The van der Waals surface area contributed by atoms with Crippen LogP contribution in [0.2, 0.25) is 0 Å². The standard InChI is InChI=1S/C12H15N3O/c16-11-12(5-1-2-6-12)8-14-10-9(15-11)4-3-7-13-10/h3-4,7H,1-2,5-6,8H2,(H,13,14)(H,15,16). The number of rotatable bonds is 0. The summed E-state index contributed by atoms with van der Waals surface area (Å²) in [5.41, 5.74) is 0.594. The van der Waals surface area contributed by atoms with Gasteiger partial charge in [0.05, 0.1) is 11.1 Å². The highest BCUT2D eigenvalue weighted by atomic mass is 16.2. The number of carbonyl (C=O) groups excluding carboxylic acids is 1. The van der Waals surface area contributed by atoms with Crippen LogP contribution >= 0.6 is 0 Å². The maximum atomic E-state index is 12.2. The average Bonchev–Trinajstić information content (AvgIpc) is 2.72. The van der Waals surface area contributed by atoms with Crippen LogP contribution in [-0.4, -0.2) is 17.4 Å². The Morgan fingerprint density at radius 2 is 2.12 bits per heavy atom. The van der Waals surface area contributed by atoms with Gasteiger partial charge in [-0.15, -0.1) is 0 Å². The van der Waals surface area contributed by atoms with E-state index in [1.165, 1.54) is 0 Å². The number of pyridine rings is 1. The molecule has 2 heterocycles. The lowest BCUT2D eigenvalue weighted by Gasteiger charge is -2.24. The molecule has 0 unspecified atom stereocenters. The Kier molecular flexibility index (Phi) is 2.09. The normalized spacial score (nSPS) is 22.1.